The number of unbranched alkanes of at least 4 members (excludes halogenated alkanes) is 1. The van der Waals surface area contributed by atoms with Gasteiger partial charge in [0.2, 0.25) is 0 Å². The highest BCUT2D eigenvalue weighted by atomic mass is 32.1. The summed E-state index contributed by atoms with van der Waals surface area (Å²) in [6, 6.07) is 2.81. The Bertz CT molecular complexity index is 420. The molecule has 19 heavy (non-hydrogen) atoms. The molecule has 0 aromatic carbocycles. The highest BCUT2D eigenvalue weighted by molar-refractivity contribution is 7.17. The molecule has 106 valence electrons. The maximum atomic E-state index is 11.7. The number of nitrogens with zero attached hydrogens (tertiary/aromatic N) is 1. The molecule has 0 atom stereocenters. The molecular weight excluding hydrogens is 268 g/mol. The number of carbonyl (C=O) groups is 1. The number of hydrogen-bond donors (Lipinski definition) is 1. The average Bonchev–Trinajstić information content (AvgIpc) is 2.87. The van der Waals surface area contributed by atoms with Gasteiger partial charge in [-0.3, -0.25) is 14.9 Å². The molecule has 1 rings (SSSR count). The van der Waals surface area contributed by atoms with Crippen molar-refractivity contribution in [2.45, 2.75) is 26.2 Å². The molecule has 0 saturated carbocycles. The third-order valence-corrected chi connectivity index (χ3v) is 3.42. The molecule has 7 heteroatoms. The van der Waals surface area contributed by atoms with E-state index in [0.717, 1.165) is 37.2 Å². The van der Waals surface area contributed by atoms with Crippen LogP contribution in [0.1, 0.15) is 35.9 Å². The van der Waals surface area contributed by atoms with E-state index in [1.165, 1.54) is 12.1 Å². The predicted molar refractivity (Wildman–Crippen MR) is 73.7 cm³/mol. The molecule has 1 amide bonds. The van der Waals surface area contributed by atoms with Crippen LogP contribution in [0.4, 0.5) is 5.00 Å². The Morgan fingerprint density at radius 1 is 1.42 bits per heavy atom. The van der Waals surface area contributed by atoms with Crippen molar-refractivity contribution in [1.82, 2.24) is 5.32 Å². The average molecular weight is 286 g/mol. The zero-order chi connectivity index (χ0) is 14.1. The summed E-state index contributed by atoms with van der Waals surface area (Å²) in [7, 11) is 0. The first kappa shape index (κ1) is 15.6. The number of ether oxygens (including phenoxy) is 1. The van der Waals surface area contributed by atoms with Crippen molar-refractivity contribution in [3.63, 3.8) is 0 Å². The van der Waals surface area contributed by atoms with E-state index in [1.807, 2.05) is 0 Å². The number of nitrogens with one attached hydrogen (secondary N) is 1. The molecule has 1 aromatic rings. The van der Waals surface area contributed by atoms with Gasteiger partial charge < -0.3 is 10.1 Å². The lowest BCUT2D eigenvalue weighted by Gasteiger charge is -2.04. The number of hydrogen-bond acceptors (Lipinski definition) is 5. The lowest BCUT2D eigenvalue weighted by Crippen LogP contribution is -2.24. The Hall–Kier alpha value is -1.47. The maximum Gasteiger partial charge on any atom is 0.324 e. The SMILES string of the molecule is CCCCOCCCNC(=O)c1ccc([N+](=O)[O-])s1. The Labute approximate surface area is 115 Å². The van der Waals surface area contributed by atoms with E-state index < -0.39 is 4.92 Å². The van der Waals surface area contributed by atoms with Crippen molar-refractivity contribution in [3.05, 3.63) is 27.1 Å². The minimum Gasteiger partial charge on any atom is -0.381 e. The lowest BCUT2D eigenvalue weighted by molar-refractivity contribution is -0.380. The van der Waals surface area contributed by atoms with Crippen LogP contribution in [0, 0.1) is 10.1 Å². The molecule has 6 nitrogen and oxygen atoms in total. The number of rotatable bonds is 9. The first-order valence-corrected chi connectivity index (χ1v) is 7.07. The van der Waals surface area contributed by atoms with E-state index in [1.54, 1.807) is 0 Å². The molecule has 0 bridgehead atoms. The molecule has 0 fully saturated rings. The summed E-state index contributed by atoms with van der Waals surface area (Å²) in [6.07, 6.45) is 2.89. The molecule has 0 spiro atoms. The van der Waals surface area contributed by atoms with Gasteiger partial charge in [0, 0.05) is 25.8 Å². The molecule has 0 aliphatic heterocycles. The summed E-state index contributed by atoms with van der Waals surface area (Å²) in [6.45, 7) is 3.98. The van der Waals surface area contributed by atoms with Gasteiger partial charge >= 0.3 is 5.00 Å². The smallest absolute Gasteiger partial charge is 0.324 e. The van der Waals surface area contributed by atoms with Crippen LogP contribution in [-0.4, -0.2) is 30.6 Å². The topological polar surface area (TPSA) is 81.5 Å². The van der Waals surface area contributed by atoms with Crippen LogP contribution in [0.15, 0.2) is 12.1 Å². The highest BCUT2D eigenvalue weighted by Gasteiger charge is 2.14. The van der Waals surface area contributed by atoms with E-state index in [2.05, 4.69) is 12.2 Å². The Morgan fingerprint density at radius 2 is 2.16 bits per heavy atom. The lowest BCUT2D eigenvalue weighted by atomic mass is 10.3. The summed E-state index contributed by atoms with van der Waals surface area (Å²) in [4.78, 5) is 22.0. The Morgan fingerprint density at radius 3 is 2.79 bits per heavy atom. The van der Waals surface area contributed by atoms with Gasteiger partial charge in [-0.05, 0) is 18.9 Å². The fourth-order valence-corrected chi connectivity index (χ4v) is 2.10. The van der Waals surface area contributed by atoms with Gasteiger partial charge in [-0.2, -0.15) is 0 Å². The van der Waals surface area contributed by atoms with Crippen LogP contribution in [0.5, 0.6) is 0 Å². The first-order chi connectivity index (χ1) is 9.15. The monoisotopic (exact) mass is 286 g/mol. The van der Waals surface area contributed by atoms with Gasteiger partial charge in [0.1, 0.15) is 0 Å². The van der Waals surface area contributed by atoms with Crippen molar-refractivity contribution in [2.75, 3.05) is 19.8 Å². The molecule has 1 aromatic heterocycles. The van der Waals surface area contributed by atoms with Gasteiger partial charge in [0.25, 0.3) is 5.91 Å². The fourth-order valence-electron chi connectivity index (χ4n) is 1.36. The van der Waals surface area contributed by atoms with Crippen molar-refractivity contribution in [3.8, 4) is 0 Å². The molecule has 0 radical (unpaired) electrons. The van der Waals surface area contributed by atoms with E-state index in [9.17, 15) is 14.9 Å². The third kappa shape index (κ3) is 5.80. The number of thiophene rings is 1. The molecule has 0 unspecified atom stereocenters. The van der Waals surface area contributed by atoms with Gasteiger partial charge in [0.05, 0.1) is 9.80 Å². The molecule has 0 aliphatic rings. The van der Waals surface area contributed by atoms with Crippen LogP contribution in [-0.2, 0) is 4.74 Å². The van der Waals surface area contributed by atoms with E-state index in [4.69, 9.17) is 4.74 Å². The van der Waals surface area contributed by atoms with E-state index >= 15 is 0 Å². The van der Waals surface area contributed by atoms with Gasteiger partial charge in [-0.15, -0.1) is 0 Å². The molecule has 1 heterocycles. The van der Waals surface area contributed by atoms with Crippen LogP contribution in [0.25, 0.3) is 0 Å². The highest BCUT2D eigenvalue weighted by Crippen LogP contribution is 2.23. The molecule has 1 N–H and O–H groups in total. The minimum atomic E-state index is -0.497. The normalized spacial score (nSPS) is 10.4. The van der Waals surface area contributed by atoms with E-state index in [0.29, 0.717) is 18.0 Å². The molecule has 0 aliphatic carbocycles. The van der Waals surface area contributed by atoms with Gasteiger partial charge in [-0.25, -0.2) is 0 Å². The summed E-state index contributed by atoms with van der Waals surface area (Å²) < 4.78 is 5.36. The van der Waals surface area contributed by atoms with Crippen molar-refractivity contribution in [2.24, 2.45) is 0 Å². The molecular formula is C12H18N2O4S. The largest absolute Gasteiger partial charge is 0.381 e. The Balaban J connectivity index is 2.18. The van der Waals surface area contributed by atoms with Crippen LogP contribution in [0.2, 0.25) is 0 Å². The summed E-state index contributed by atoms with van der Waals surface area (Å²) >= 11 is 0.882. The summed E-state index contributed by atoms with van der Waals surface area (Å²) in [5.41, 5.74) is 0. The van der Waals surface area contributed by atoms with Crippen LogP contribution >= 0.6 is 11.3 Å². The predicted octanol–water partition coefficient (Wildman–Crippen LogP) is 2.59. The van der Waals surface area contributed by atoms with E-state index in [-0.39, 0.29) is 10.9 Å². The minimum absolute atomic E-state index is 0.0203. The quantitative estimate of drug-likeness (QED) is 0.430. The fraction of sp³-hybridized carbons (Fsp3) is 0.583. The van der Waals surface area contributed by atoms with Gasteiger partial charge in [-0.1, -0.05) is 24.7 Å². The maximum absolute atomic E-state index is 11.7. The number of nitro groups is 1. The van der Waals surface area contributed by atoms with Gasteiger partial charge in [0.15, 0.2) is 0 Å². The van der Waals surface area contributed by atoms with Crippen molar-refractivity contribution in [1.29, 1.82) is 0 Å². The van der Waals surface area contributed by atoms with Crippen molar-refractivity contribution < 1.29 is 14.5 Å². The second kappa shape index (κ2) is 8.60. The second-order valence-corrected chi connectivity index (χ2v) is 5.03. The third-order valence-electron chi connectivity index (χ3n) is 2.39. The second-order valence-electron chi connectivity index (χ2n) is 3.97. The first-order valence-electron chi connectivity index (χ1n) is 6.25. The number of amides is 1. The summed E-state index contributed by atoms with van der Waals surface area (Å²) in [5, 5.41) is 13.2. The molecule has 0 saturated heterocycles. The zero-order valence-electron chi connectivity index (χ0n) is 10.9. The zero-order valence-corrected chi connectivity index (χ0v) is 11.7. The summed E-state index contributed by atoms with van der Waals surface area (Å²) in [5.74, 6) is -0.272. The van der Waals surface area contributed by atoms with Crippen LogP contribution in [0.3, 0.4) is 0 Å². The van der Waals surface area contributed by atoms with Crippen LogP contribution < -0.4 is 5.32 Å². The van der Waals surface area contributed by atoms with Crippen molar-refractivity contribution >= 4 is 22.2 Å². The Kier molecular flexibility index (Phi) is 7.06. The number of carbonyl (C=O) groups excluding carboxylic acids is 1. The standard InChI is InChI=1S/C12H18N2O4S/c1-2-3-8-18-9-4-7-13-12(15)10-5-6-11(19-10)14(16)17/h5-6H,2-4,7-9H2,1H3,(H,13,15).